The van der Waals surface area contributed by atoms with Gasteiger partial charge in [0.1, 0.15) is 21.4 Å². The van der Waals surface area contributed by atoms with Gasteiger partial charge in [-0.05, 0) is 13.8 Å². The van der Waals surface area contributed by atoms with Gasteiger partial charge in [-0.1, -0.05) is 25.6 Å². The normalized spacial score (nSPS) is 11.1. The summed E-state index contributed by atoms with van der Waals surface area (Å²) >= 11 is 2.98. The molecular weight excluding hydrogens is 306 g/mol. The Balaban J connectivity index is 2.32. The maximum absolute atomic E-state index is 11.4. The van der Waals surface area contributed by atoms with Gasteiger partial charge in [0.05, 0.1) is 11.4 Å². The molecule has 21 heavy (non-hydrogen) atoms. The lowest BCUT2D eigenvalue weighted by Crippen LogP contribution is -2.10. The smallest absolute Gasteiger partial charge is 0.340 e. The van der Waals surface area contributed by atoms with E-state index in [2.05, 4.69) is 15.0 Å². The lowest BCUT2D eigenvalue weighted by molar-refractivity contribution is 0.0690. The third-order valence-corrected chi connectivity index (χ3v) is 4.94. The number of thioether (sulfide) groups is 1. The van der Waals surface area contributed by atoms with Crippen LogP contribution in [0.15, 0.2) is 10.4 Å². The van der Waals surface area contributed by atoms with E-state index < -0.39 is 5.97 Å². The highest BCUT2D eigenvalue weighted by Gasteiger charge is 2.19. The van der Waals surface area contributed by atoms with Crippen LogP contribution >= 0.6 is 23.1 Å². The van der Waals surface area contributed by atoms with Gasteiger partial charge in [-0.15, -0.1) is 11.3 Å². The second kappa shape index (κ2) is 6.53. The molecule has 0 spiro atoms. The number of carboxylic acids is 1. The monoisotopic (exact) mass is 323 g/mol. The molecule has 5 nitrogen and oxygen atoms in total. The summed E-state index contributed by atoms with van der Waals surface area (Å²) in [4.78, 5) is 24.5. The molecule has 0 bridgehead atoms. The highest BCUT2D eigenvalue weighted by atomic mass is 32.2. The molecule has 0 amide bonds. The second-order valence-electron chi connectivity index (χ2n) is 4.98. The van der Waals surface area contributed by atoms with Crippen molar-refractivity contribution in [1.29, 1.82) is 0 Å². The molecule has 2 aromatic heterocycles. The van der Waals surface area contributed by atoms with E-state index in [1.54, 1.807) is 18.3 Å². The van der Waals surface area contributed by atoms with E-state index in [1.165, 1.54) is 11.8 Å². The molecule has 0 aliphatic rings. The number of carbonyl (C=O) groups is 1. The highest BCUT2D eigenvalue weighted by molar-refractivity contribution is 7.98. The van der Waals surface area contributed by atoms with Crippen LogP contribution < -0.4 is 0 Å². The molecule has 1 N–H and O–H groups in total. The van der Waals surface area contributed by atoms with Crippen molar-refractivity contribution in [1.82, 2.24) is 15.0 Å². The van der Waals surface area contributed by atoms with Crippen LogP contribution in [-0.4, -0.2) is 26.0 Å². The Morgan fingerprint density at radius 3 is 2.57 bits per heavy atom. The molecule has 0 aliphatic carbocycles. The topological polar surface area (TPSA) is 76.0 Å². The van der Waals surface area contributed by atoms with Crippen molar-refractivity contribution in [3.8, 4) is 0 Å². The largest absolute Gasteiger partial charge is 0.478 e. The van der Waals surface area contributed by atoms with Crippen LogP contribution in [0.25, 0.3) is 0 Å². The van der Waals surface area contributed by atoms with Gasteiger partial charge < -0.3 is 5.11 Å². The predicted molar refractivity (Wildman–Crippen MR) is 84.2 cm³/mol. The van der Waals surface area contributed by atoms with Crippen LogP contribution in [0.5, 0.6) is 0 Å². The summed E-state index contributed by atoms with van der Waals surface area (Å²) in [7, 11) is 0. The summed E-state index contributed by atoms with van der Waals surface area (Å²) in [6.07, 6.45) is 0. The van der Waals surface area contributed by atoms with E-state index in [0.29, 0.717) is 22.3 Å². The Hall–Kier alpha value is -1.47. The first-order valence-corrected chi connectivity index (χ1v) is 8.40. The molecule has 0 saturated heterocycles. The van der Waals surface area contributed by atoms with E-state index in [-0.39, 0.29) is 11.5 Å². The maximum Gasteiger partial charge on any atom is 0.340 e. The van der Waals surface area contributed by atoms with Crippen LogP contribution in [-0.2, 0) is 5.75 Å². The number of aromatic nitrogens is 3. The first-order valence-electron chi connectivity index (χ1n) is 6.54. The summed E-state index contributed by atoms with van der Waals surface area (Å²) in [5.41, 5.74) is 1.69. The Morgan fingerprint density at radius 1 is 1.33 bits per heavy atom. The molecular formula is C14H17N3O2S2. The Bertz CT molecular complexity index is 668. The van der Waals surface area contributed by atoms with Crippen molar-refractivity contribution in [2.45, 2.75) is 44.4 Å². The summed E-state index contributed by atoms with van der Waals surface area (Å²) < 4.78 is 0. The summed E-state index contributed by atoms with van der Waals surface area (Å²) in [6, 6.07) is 0. The fourth-order valence-electron chi connectivity index (χ4n) is 1.78. The molecule has 2 aromatic rings. The zero-order valence-corrected chi connectivity index (χ0v) is 14.0. The molecule has 0 saturated carbocycles. The molecule has 7 heteroatoms. The maximum atomic E-state index is 11.4. The number of thiazole rings is 1. The number of aromatic carboxylic acids is 1. The minimum atomic E-state index is -0.986. The van der Waals surface area contributed by atoms with Crippen LogP contribution in [0.4, 0.5) is 0 Å². The van der Waals surface area contributed by atoms with Crippen molar-refractivity contribution >= 4 is 29.1 Å². The third-order valence-electron chi connectivity index (χ3n) is 2.80. The lowest BCUT2D eigenvalue weighted by atomic mass is 10.2. The van der Waals surface area contributed by atoms with E-state index in [4.69, 9.17) is 0 Å². The Kier molecular flexibility index (Phi) is 4.95. The van der Waals surface area contributed by atoms with Crippen LogP contribution in [0.1, 0.15) is 52.3 Å². The zero-order chi connectivity index (χ0) is 15.6. The number of hydrogen-bond acceptors (Lipinski definition) is 6. The van der Waals surface area contributed by atoms with Crippen molar-refractivity contribution in [3.05, 3.63) is 33.2 Å². The van der Waals surface area contributed by atoms with Gasteiger partial charge in [-0.25, -0.2) is 19.7 Å². The summed E-state index contributed by atoms with van der Waals surface area (Å²) in [5.74, 6) is 0.469. The first kappa shape index (κ1) is 15.9. The standard InChI is InChI=1S/C14H17N3O2S2/c1-7(2)12-16-9(4)11(14(18)19)13(17-12)21-6-10-15-8(3)5-20-10/h5,7H,6H2,1-4H3,(H,18,19). The van der Waals surface area contributed by atoms with Gasteiger partial charge in [0.15, 0.2) is 0 Å². The summed E-state index contributed by atoms with van der Waals surface area (Å²) in [5, 5.41) is 12.8. The van der Waals surface area contributed by atoms with Crippen molar-refractivity contribution in [2.75, 3.05) is 0 Å². The van der Waals surface area contributed by atoms with E-state index in [0.717, 1.165) is 10.7 Å². The van der Waals surface area contributed by atoms with E-state index in [9.17, 15) is 9.90 Å². The van der Waals surface area contributed by atoms with Gasteiger partial charge >= 0.3 is 5.97 Å². The Morgan fingerprint density at radius 2 is 2.05 bits per heavy atom. The summed E-state index contributed by atoms with van der Waals surface area (Å²) in [6.45, 7) is 7.65. The number of aryl methyl sites for hydroxylation is 2. The van der Waals surface area contributed by atoms with Crippen molar-refractivity contribution in [3.63, 3.8) is 0 Å². The minimum Gasteiger partial charge on any atom is -0.478 e. The van der Waals surface area contributed by atoms with E-state index in [1.807, 2.05) is 26.2 Å². The molecule has 2 rings (SSSR count). The number of rotatable bonds is 5. The molecule has 112 valence electrons. The second-order valence-corrected chi connectivity index (χ2v) is 6.89. The molecule has 0 radical (unpaired) electrons. The number of nitrogens with zero attached hydrogens (tertiary/aromatic N) is 3. The number of hydrogen-bond donors (Lipinski definition) is 1. The number of carboxylic acid groups (broad SMARTS) is 1. The van der Waals surface area contributed by atoms with Crippen LogP contribution in [0.3, 0.4) is 0 Å². The SMILES string of the molecule is Cc1csc(CSc2nc(C(C)C)nc(C)c2C(=O)O)n1. The molecule has 0 aromatic carbocycles. The Labute approximate surface area is 131 Å². The zero-order valence-electron chi connectivity index (χ0n) is 12.4. The fourth-order valence-corrected chi connectivity index (χ4v) is 3.64. The molecule has 2 heterocycles. The van der Waals surface area contributed by atoms with Gasteiger partial charge in [-0.2, -0.15) is 0 Å². The van der Waals surface area contributed by atoms with Crippen LogP contribution in [0, 0.1) is 13.8 Å². The highest BCUT2D eigenvalue weighted by Crippen LogP contribution is 2.28. The molecule has 0 fully saturated rings. The van der Waals surface area contributed by atoms with Gasteiger partial charge in [-0.3, -0.25) is 0 Å². The molecule has 0 aliphatic heterocycles. The van der Waals surface area contributed by atoms with Gasteiger partial charge in [0.2, 0.25) is 0 Å². The van der Waals surface area contributed by atoms with Crippen molar-refractivity contribution in [2.24, 2.45) is 0 Å². The average molecular weight is 323 g/mol. The quantitative estimate of drug-likeness (QED) is 0.668. The molecule has 0 atom stereocenters. The fraction of sp³-hybridized carbons (Fsp3) is 0.429. The van der Waals surface area contributed by atoms with Crippen LogP contribution in [0.2, 0.25) is 0 Å². The van der Waals surface area contributed by atoms with Gasteiger partial charge in [0, 0.05) is 17.0 Å². The molecule has 0 unspecified atom stereocenters. The third kappa shape index (κ3) is 3.79. The van der Waals surface area contributed by atoms with E-state index >= 15 is 0 Å². The average Bonchev–Trinajstić information content (AvgIpc) is 2.80. The van der Waals surface area contributed by atoms with Gasteiger partial charge in [0.25, 0.3) is 0 Å². The predicted octanol–water partition coefficient (Wildman–Crippen LogP) is 3.66. The minimum absolute atomic E-state index is 0.160. The lowest BCUT2D eigenvalue weighted by Gasteiger charge is -2.11. The first-order chi connectivity index (χ1) is 9.88. The van der Waals surface area contributed by atoms with Crippen molar-refractivity contribution < 1.29 is 9.90 Å².